The van der Waals surface area contributed by atoms with Crippen LogP contribution in [-0.2, 0) is 19.1 Å². The average molecular weight is 401 g/mol. The topological polar surface area (TPSA) is 93.7 Å². The molecule has 0 aromatic rings. The molecule has 7 nitrogen and oxygen atoms in total. The first kappa shape index (κ1) is 26.2. The lowest BCUT2D eigenvalue weighted by molar-refractivity contribution is -0.152. The minimum absolute atomic E-state index is 0.189. The first-order chi connectivity index (χ1) is 12.6. The maximum absolute atomic E-state index is 13.0. The molecule has 0 aliphatic rings. The standard InChI is InChI=1S/C21H40N2O5/c1-13(2)11-27-18(25)16(21(8,9)10)22-17(24)15(20(5,6)7)23-19(26)28-12-14(3)4/h13-16H,11-12H2,1-10H3,(H,22,24)(H,23,26). The zero-order chi connectivity index (χ0) is 22.3. The third-order valence-electron chi connectivity index (χ3n) is 3.89. The summed E-state index contributed by atoms with van der Waals surface area (Å²) in [7, 11) is 0. The minimum atomic E-state index is -0.866. The summed E-state index contributed by atoms with van der Waals surface area (Å²) in [5.41, 5.74) is -1.13. The molecule has 2 atom stereocenters. The van der Waals surface area contributed by atoms with Crippen molar-refractivity contribution in [3.63, 3.8) is 0 Å². The Morgan fingerprint density at radius 2 is 1.14 bits per heavy atom. The molecule has 0 aromatic heterocycles. The van der Waals surface area contributed by atoms with Crippen molar-refractivity contribution < 1.29 is 23.9 Å². The van der Waals surface area contributed by atoms with Crippen LogP contribution in [0.5, 0.6) is 0 Å². The van der Waals surface area contributed by atoms with E-state index in [4.69, 9.17) is 9.47 Å². The molecule has 0 rings (SSSR count). The van der Waals surface area contributed by atoms with Gasteiger partial charge in [-0.3, -0.25) is 4.79 Å². The van der Waals surface area contributed by atoms with Gasteiger partial charge in [0.05, 0.1) is 13.2 Å². The third kappa shape index (κ3) is 9.95. The van der Waals surface area contributed by atoms with Gasteiger partial charge in [0.2, 0.25) is 5.91 Å². The lowest BCUT2D eigenvalue weighted by Gasteiger charge is -2.34. The molecular formula is C21H40N2O5. The molecule has 0 saturated heterocycles. The van der Waals surface area contributed by atoms with Gasteiger partial charge in [0.1, 0.15) is 12.1 Å². The molecule has 0 heterocycles. The van der Waals surface area contributed by atoms with E-state index >= 15 is 0 Å². The van der Waals surface area contributed by atoms with Crippen molar-refractivity contribution >= 4 is 18.0 Å². The number of carbonyl (C=O) groups excluding carboxylic acids is 3. The molecule has 2 amide bonds. The lowest BCUT2D eigenvalue weighted by atomic mass is 9.83. The second-order valence-corrected chi connectivity index (χ2v) is 10.3. The number of esters is 1. The molecule has 28 heavy (non-hydrogen) atoms. The Morgan fingerprint density at radius 1 is 0.714 bits per heavy atom. The van der Waals surface area contributed by atoms with Gasteiger partial charge >= 0.3 is 12.1 Å². The van der Waals surface area contributed by atoms with Crippen LogP contribution in [0.3, 0.4) is 0 Å². The molecule has 2 N–H and O–H groups in total. The van der Waals surface area contributed by atoms with Crippen LogP contribution >= 0.6 is 0 Å². The number of ether oxygens (including phenoxy) is 2. The van der Waals surface area contributed by atoms with Crippen molar-refractivity contribution in [2.24, 2.45) is 22.7 Å². The summed E-state index contributed by atoms with van der Waals surface area (Å²) >= 11 is 0. The molecule has 0 fully saturated rings. The van der Waals surface area contributed by atoms with Crippen LogP contribution in [0.1, 0.15) is 69.2 Å². The van der Waals surface area contributed by atoms with E-state index in [0.29, 0.717) is 0 Å². The quantitative estimate of drug-likeness (QED) is 0.608. The summed E-state index contributed by atoms with van der Waals surface area (Å²) < 4.78 is 10.5. The highest BCUT2D eigenvalue weighted by Crippen LogP contribution is 2.24. The van der Waals surface area contributed by atoms with E-state index in [0.717, 1.165) is 0 Å². The molecular weight excluding hydrogens is 360 g/mol. The van der Waals surface area contributed by atoms with Crippen molar-refractivity contribution in [3.05, 3.63) is 0 Å². The van der Waals surface area contributed by atoms with Crippen molar-refractivity contribution in [1.29, 1.82) is 0 Å². The summed E-state index contributed by atoms with van der Waals surface area (Å²) in [6.07, 6.45) is -0.654. The first-order valence-electron chi connectivity index (χ1n) is 9.96. The number of rotatable bonds is 8. The second-order valence-electron chi connectivity index (χ2n) is 10.3. The molecule has 0 spiro atoms. The highest BCUT2D eigenvalue weighted by molar-refractivity contribution is 5.90. The Bertz CT molecular complexity index is 530. The van der Waals surface area contributed by atoms with Crippen LogP contribution in [0.4, 0.5) is 4.79 Å². The van der Waals surface area contributed by atoms with Crippen molar-refractivity contribution in [1.82, 2.24) is 10.6 Å². The fourth-order valence-electron chi connectivity index (χ4n) is 2.26. The van der Waals surface area contributed by atoms with E-state index in [1.165, 1.54) is 0 Å². The highest BCUT2D eigenvalue weighted by Gasteiger charge is 2.39. The van der Waals surface area contributed by atoms with Crippen molar-refractivity contribution in [3.8, 4) is 0 Å². The van der Waals surface area contributed by atoms with Gasteiger partial charge in [-0.15, -0.1) is 0 Å². The molecule has 164 valence electrons. The van der Waals surface area contributed by atoms with Crippen LogP contribution in [0.25, 0.3) is 0 Å². The van der Waals surface area contributed by atoms with E-state index in [1.54, 1.807) is 0 Å². The SMILES string of the molecule is CC(C)COC(=O)NC(C(=O)NC(C(=O)OCC(C)C)C(C)(C)C)C(C)(C)C. The molecule has 7 heteroatoms. The Hall–Kier alpha value is -1.79. The molecule has 2 unspecified atom stereocenters. The van der Waals surface area contributed by atoms with Crippen LogP contribution < -0.4 is 10.6 Å². The van der Waals surface area contributed by atoms with Crippen LogP contribution in [0, 0.1) is 22.7 Å². The second kappa shape index (κ2) is 10.7. The average Bonchev–Trinajstić information content (AvgIpc) is 2.50. The number of hydrogen-bond acceptors (Lipinski definition) is 5. The van der Waals surface area contributed by atoms with E-state index in [9.17, 15) is 14.4 Å². The van der Waals surface area contributed by atoms with Crippen molar-refractivity contribution in [2.75, 3.05) is 13.2 Å². The van der Waals surface area contributed by atoms with E-state index in [-0.39, 0.29) is 25.0 Å². The van der Waals surface area contributed by atoms with Gasteiger partial charge < -0.3 is 20.1 Å². The van der Waals surface area contributed by atoms with E-state index < -0.39 is 40.9 Å². The summed E-state index contributed by atoms with van der Waals surface area (Å²) in [6, 6.07) is -1.70. The van der Waals surface area contributed by atoms with Crippen LogP contribution in [0.2, 0.25) is 0 Å². The fourth-order valence-corrected chi connectivity index (χ4v) is 2.26. The third-order valence-corrected chi connectivity index (χ3v) is 3.89. The zero-order valence-electron chi connectivity index (χ0n) is 19.3. The molecule has 0 aliphatic heterocycles. The number of carbonyl (C=O) groups is 3. The summed E-state index contributed by atoms with van der Waals surface area (Å²) in [5.74, 6) is -0.548. The van der Waals surface area contributed by atoms with Gasteiger partial charge in [-0.25, -0.2) is 9.59 Å². The highest BCUT2D eigenvalue weighted by atomic mass is 16.5. The Morgan fingerprint density at radius 3 is 1.54 bits per heavy atom. The number of nitrogens with one attached hydrogen (secondary N) is 2. The predicted molar refractivity (Wildman–Crippen MR) is 110 cm³/mol. The minimum Gasteiger partial charge on any atom is -0.464 e. The summed E-state index contributed by atoms with van der Waals surface area (Å²) in [6.45, 7) is 19.4. The maximum atomic E-state index is 13.0. The smallest absolute Gasteiger partial charge is 0.407 e. The first-order valence-corrected chi connectivity index (χ1v) is 9.96. The van der Waals surface area contributed by atoms with Gasteiger partial charge in [-0.2, -0.15) is 0 Å². The Balaban J connectivity index is 5.32. The Kier molecular flexibility index (Phi) is 9.99. The largest absolute Gasteiger partial charge is 0.464 e. The van der Waals surface area contributed by atoms with Gasteiger partial charge in [0.15, 0.2) is 0 Å². The normalized spacial score (nSPS) is 14.4. The lowest BCUT2D eigenvalue weighted by Crippen LogP contribution is -2.59. The molecule has 0 bridgehead atoms. The maximum Gasteiger partial charge on any atom is 0.407 e. The molecule has 0 saturated carbocycles. The van der Waals surface area contributed by atoms with E-state index in [2.05, 4.69) is 10.6 Å². The van der Waals surface area contributed by atoms with Gasteiger partial charge in [-0.1, -0.05) is 69.2 Å². The number of alkyl carbamates (subject to hydrolysis) is 1. The Labute approximate surface area is 170 Å². The fraction of sp³-hybridized carbons (Fsp3) is 0.857. The molecule has 0 radical (unpaired) electrons. The van der Waals surface area contributed by atoms with Crippen LogP contribution in [-0.4, -0.2) is 43.3 Å². The van der Waals surface area contributed by atoms with Gasteiger partial charge in [0, 0.05) is 0 Å². The predicted octanol–water partition coefficient (Wildman–Crippen LogP) is 3.51. The summed E-state index contributed by atoms with van der Waals surface area (Å²) in [5, 5.41) is 5.41. The number of amides is 2. The van der Waals surface area contributed by atoms with Gasteiger partial charge in [0.25, 0.3) is 0 Å². The van der Waals surface area contributed by atoms with Crippen molar-refractivity contribution in [2.45, 2.75) is 81.3 Å². The monoisotopic (exact) mass is 400 g/mol. The van der Waals surface area contributed by atoms with Crippen LogP contribution in [0.15, 0.2) is 0 Å². The molecule has 0 aromatic carbocycles. The van der Waals surface area contributed by atoms with Gasteiger partial charge in [-0.05, 0) is 22.7 Å². The number of hydrogen-bond donors (Lipinski definition) is 2. The zero-order valence-corrected chi connectivity index (χ0v) is 19.3. The molecule has 0 aliphatic carbocycles. The van der Waals surface area contributed by atoms with E-state index in [1.807, 2.05) is 69.2 Å². The summed E-state index contributed by atoms with van der Waals surface area (Å²) in [4.78, 5) is 37.6.